The smallest absolute Gasteiger partial charge is 0.242 e. The summed E-state index contributed by atoms with van der Waals surface area (Å²) in [6.45, 7) is 7.23. The number of hydrogen-bond donors (Lipinski definition) is 1. The van der Waals surface area contributed by atoms with Crippen LogP contribution in [0.25, 0.3) is 0 Å². The largest absolute Gasteiger partial charge is 0.378 e. The Morgan fingerprint density at radius 2 is 1.62 bits per heavy atom. The Morgan fingerprint density at radius 3 is 2.00 bits per heavy atom. The highest BCUT2D eigenvalue weighted by Gasteiger charge is 2.33. The molecule has 0 bridgehead atoms. The minimum atomic E-state index is -0.737. The van der Waals surface area contributed by atoms with Gasteiger partial charge in [0.1, 0.15) is 0 Å². The second kappa shape index (κ2) is 7.46. The molecule has 0 spiro atoms. The van der Waals surface area contributed by atoms with Gasteiger partial charge in [0.2, 0.25) is 5.91 Å². The van der Waals surface area contributed by atoms with Crippen LogP contribution in [0.2, 0.25) is 0 Å². The first-order valence-electron chi connectivity index (χ1n) is 7.72. The number of carbonyl (C=O) groups is 1. The molecule has 118 valence electrons. The quantitative estimate of drug-likeness (QED) is 0.840. The van der Waals surface area contributed by atoms with Crippen LogP contribution in [0.15, 0.2) is 24.3 Å². The predicted octanol–water partition coefficient (Wildman–Crippen LogP) is 2.62. The molecule has 21 heavy (non-hydrogen) atoms. The van der Waals surface area contributed by atoms with E-state index in [1.807, 2.05) is 39.8 Å². The molecule has 0 saturated heterocycles. The zero-order chi connectivity index (χ0) is 16.0. The fraction of sp³-hybridized carbons (Fsp3) is 0.588. The molecule has 0 aliphatic carbocycles. The molecule has 0 aromatic heterocycles. The number of amides is 1. The lowest BCUT2D eigenvalue weighted by atomic mass is 9.92. The molecule has 1 aromatic carbocycles. The molecular weight excluding hydrogens is 262 g/mol. The third kappa shape index (κ3) is 4.21. The molecule has 0 atom stereocenters. The summed E-state index contributed by atoms with van der Waals surface area (Å²) in [5.74, 6) is 0.0479. The van der Waals surface area contributed by atoms with Gasteiger partial charge in [0.05, 0.1) is 5.54 Å². The molecule has 0 saturated carbocycles. The number of likely N-dealkylation sites (N-methyl/N-ethyl adjacent to an activating group) is 1. The molecule has 0 aliphatic heterocycles. The fourth-order valence-corrected chi connectivity index (χ4v) is 2.31. The van der Waals surface area contributed by atoms with Gasteiger partial charge in [-0.15, -0.1) is 0 Å². The van der Waals surface area contributed by atoms with Crippen LogP contribution in [-0.2, 0) is 11.3 Å². The first kappa shape index (κ1) is 17.5. The van der Waals surface area contributed by atoms with E-state index in [2.05, 4.69) is 29.2 Å². The Hall–Kier alpha value is -1.55. The third-order valence-electron chi connectivity index (χ3n) is 4.18. The molecule has 1 rings (SSSR count). The average molecular weight is 291 g/mol. The van der Waals surface area contributed by atoms with E-state index in [4.69, 9.17) is 5.73 Å². The molecule has 0 heterocycles. The van der Waals surface area contributed by atoms with Gasteiger partial charge < -0.3 is 15.5 Å². The van der Waals surface area contributed by atoms with Crippen molar-refractivity contribution in [1.82, 2.24) is 4.90 Å². The van der Waals surface area contributed by atoms with Crippen LogP contribution in [0.5, 0.6) is 0 Å². The van der Waals surface area contributed by atoms with E-state index in [1.165, 1.54) is 0 Å². The monoisotopic (exact) mass is 291 g/mol. The zero-order valence-corrected chi connectivity index (χ0v) is 14.0. The Balaban J connectivity index is 2.85. The van der Waals surface area contributed by atoms with E-state index in [1.54, 1.807) is 0 Å². The average Bonchev–Trinajstić information content (AvgIpc) is 2.51. The SMILES string of the molecule is CCN(Cc1ccc(N(C)C)cc1)C(=O)C(N)(CC)CC. The third-order valence-corrected chi connectivity index (χ3v) is 4.18. The summed E-state index contributed by atoms with van der Waals surface area (Å²) in [6.07, 6.45) is 1.33. The lowest BCUT2D eigenvalue weighted by Gasteiger charge is -2.32. The molecule has 4 heteroatoms. The predicted molar refractivity (Wildman–Crippen MR) is 89.4 cm³/mol. The summed E-state index contributed by atoms with van der Waals surface area (Å²) in [7, 11) is 4.03. The summed E-state index contributed by atoms with van der Waals surface area (Å²) >= 11 is 0. The van der Waals surface area contributed by atoms with E-state index in [0.717, 1.165) is 11.3 Å². The summed E-state index contributed by atoms with van der Waals surface area (Å²) < 4.78 is 0. The molecule has 2 N–H and O–H groups in total. The highest BCUT2D eigenvalue weighted by Crippen LogP contribution is 2.18. The standard InChI is InChI=1S/C17H29N3O/c1-6-17(18,7-2)16(21)20(8-3)13-14-9-11-15(12-10-14)19(4)5/h9-12H,6-8,13,18H2,1-5H3. The maximum Gasteiger partial charge on any atom is 0.242 e. The van der Waals surface area contributed by atoms with Gasteiger partial charge in [-0.1, -0.05) is 26.0 Å². The molecule has 0 fully saturated rings. The second-order valence-electron chi connectivity index (χ2n) is 5.74. The summed E-state index contributed by atoms with van der Waals surface area (Å²) in [4.78, 5) is 16.5. The van der Waals surface area contributed by atoms with Crippen molar-refractivity contribution in [2.24, 2.45) is 5.73 Å². The molecule has 0 unspecified atom stereocenters. The van der Waals surface area contributed by atoms with Gasteiger partial charge in [-0.05, 0) is 37.5 Å². The molecule has 0 radical (unpaired) electrons. The van der Waals surface area contributed by atoms with Crippen LogP contribution in [0.1, 0.15) is 39.2 Å². The molecular formula is C17H29N3O. The van der Waals surface area contributed by atoms with Gasteiger partial charge in [-0.2, -0.15) is 0 Å². The summed E-state index contributed by atoms with van der Waals surface area (Å²) in [5, 5.41) is 0. The summed E-state index contributed by atoms with van der Waals surface area (Å²) in [6, 6.07) is 8.29. The lowest BCUT2D eigenvalue weighted by molar-refractivity contribution is -0.137. The van der Waals surface area contributed by atoms with Gasteiger partial charge in [0, 0.05) is 32.9 Å². The van der Waals surface area contributed by atoms with Crippen molar-refractivity contribution in [1.29, 1.82) is 0 Å². The van der Waals surface area contributed by atoms with Gasteiger partial charge in [-0.25, -0.2) is 0 Å². The first-order chi connectivity index (χ1) is 9.87. The zero-order valence-electron chi connectivity index (χ0n) is 14.0. The maximum absolute atomic E-state index is 12.6. The van der Waals surface area contributed by atoms with Crippen molar-refractivity contribution >= 4 is 11.6 Å². The Kier molecular flexibility index (Phi) is 6.21. The van der Waals surface area contributed by atoms with E-state index >= 15 is 0 Å². The number of nitrogens with zero attached hydrogens (tertiary/aromatic N) is 2. The lowest BCUT2D eigenvalue weighted by Crippen LogP contribution is -2.54. The maximum atomic E-state index is 12.6. The first-order valence-corrected chi connectivity index (χ1v) is 7.72. The van der Waals surface area contributed by atoms with E-state index in [9.17, 15) is 4.79 Å². The molecule has 0 aliphatic rings. The van der Waals surface area contributed by atoms with E-state index in [0.29, 0.717) is 25.9 Å². The van der Waals surface area contributed by atoms with Crippen molar-refractivity contribution in [3.8, 4) is 0 Å². The molecule has 1 aromatic rings. The minimum Gasteiger partial charge on any atom is -0.378 e. The van der Waals surface area contributed by atoms with Crippen LogP contribution in [0, 0.1) is 0 Å². The number of nitrogens with two attached hydrogens (primary N) is 1. The van der Waals surface area contributed by atoms with E-state index < -0.39 is 5.54 Å². The van der Waals surface area contributed by atoms with E-state index in [-0.39, 0.29) is 5.91 Å². The van der Waals surface area contributed by atoms with Crippen molar-refractivity contribution in [2.75, 3.05) is 25.5 Å². The van der Waals surface area contributed by atoms with Crippen LogP contribution in [0.3, 0.4) is 0 Å². The topological polar surface area (TPSA) is 49.6 Å². The summed E-state index contributed by atoms with van der Waals surface area (Å²) in [5.41, 5.74) is 7.79. The highest BCUT2D eigenvalue weighted by molar-refractivity contribution is 5.86. The van der Waals surface area contributed by atoms with Crippen molar-refractivity contribution in [2.45, 2.75) is 45.7 Å². The Labute approximate surface area is 128 Å². The Morgan fingerprint density at radius 1 is 1.10 bits per heavy atom. The van der Waals surface area contributed by atoms with Gasteiger partial charge >= 0.3 is 0 Å². The van der Waals surface area contributed by atoms with Crippen molar-refractivity contribution in [3.05, 3.63) is 29.8 Å². The molecule has 4 nitrogen and oxygen atoms in total. The van der Waals surface area contributed by atoms with Gasteiger partial charge in [0.15, 0.2) is 0 Å². The number of rotatable bonds is 7. The van der Waals surface area contributed by atoms with Gasteiger partial charge in [-0.3, -0.25) is 4.79 Å². The molecule has 1 amide bonds. The normalized spacial score (nSPS) is 11.3. The Bertz CT molecular complexity index is 450. The second-order valence-corrected chi connectivity index (χ2v) is 5.74. The van der Waals surface area contributed by atoms with Crippen LogP contribution < -0.4 is 10.6 Å². The van der Waals surface area contributed by atoms with Gasteiger partial charge in [0.25, 0.3) is 0 Å². The van der Waals surface area contributed by atoms with Crippen LogP contribution >= 0.6 is 0 Å². The number of benzene rings is 1. The van der Waals surface area contributed by atoms with Crippen molar-refractivity contribution in [3.63, 3.8) is 0 Å². The number of hydrogen-bond acceptors (Lipinski definition) is 3. The number of carbonyl (C=O) groups excluding carboxylic acids is 1. The highest BCUT2D eigenvalue weighted by atomic mass is 16.2. The van der Waals surface area contributed by atoms with Crippen LogP contribution in [-0.4, -0.2) is 37.0 Å². The van der Waals surface area contributed by atoms with Crippen LogP contribution in [0.4, 0.5) is 5.69 Å². The minimum absolute atomic E-state index is 0.0479. The fourth-order valence-electron chi connectivity index (χ4n) is 2.31. The number of anilines is 1. The van der Waals surface area contributed by atoms with Crippen molar-refractivity contribution < 1.29 is 4.79 Å².